The molecule has 1 aliphatic rings. The lowest BCUT2D eigenvalue weighted by molar-refractivity contribution is 0.663. The molecule has 2 rings (SSSR count). The van der Waals surface area contributed by atoms with Crippen molar-refractivity contribution in [1.29, 1.82) is 0 Å². The van der Waals surface area contributed by atoms with Crippen LogP contribution in [0.3, 0.4) is 0 Å². The SMILES string of the molecule is C[C@@H](N)CCc1ccccc1C1CC1. The van der Waals surface area contributed by atoms with E-state index in [0.717, 1.165) is 18.8 Å². The highest BCUT2D eigenvalue weighted by atomic mass is 14.6. The van der Waals surface area contributed by atoms with E-state index < -0.39 is 0 Å². The van der Waals surface area contributed by atoms with Crippen LogP contribution in [-0.4, -0.2) is 6.04 Å². The molecular formula is C13H19N. The monoisotopic (exact) mass is 189 g/mol. The first-order valence-electron chi connectivity index (χ1n) is 5.61. The Balaban J connectivity index is 2.07. The first-order chi connectivity index (χ1) is 6.77. The van der Waals surface area contributed by atoms with Gasteiger partial charge in [-0.15, -0.1) is 0 Å². The summed E-state index contributed by atoms with van der Waals surface area (Å²) in [6, 6.07) is 9.16. The van der Waals surface area contributed by atoms with Crippen LogP contribution in [0.4, 0.5) is 0 Å². The fourth-order valence-electron chi connectivity index (χ4n) is 1.94. The summed E-state index contributed by atoms with van der Waals surface area (Å²) in [5, 5.41) is 0. The smallest absolute Gasteiger partial charge is 0.00136 e. The molecular weight excluding hydrogens is 170 g/mol. The average Bonchev–Trinajstić information content (AvgIpc) is 2.98. The highest BCUT2D eigenvalue weighted by molar-refractivity contribution is 5.33. The van der Waals surface area contributed by atoms with Crippen LogP contribution in [-0.2, 0) is 6.42 Å². The third-order valence-corrected chi connectivity index (χ3v) is 2.94. The second-order valence-electron chi connectivity index (χ2n) is 4.49. The molecule has 0 radical (unpaired) electrons. The summed E-state index contributed by atoms with van der Waals surface area (Å²) in [6.07, 6.45) is 5.01. The molecule has 0 aromatic heterocycles. The second kappa shape index (κ2) is 4.14. The minimum Gasteiger partial charge on any atom is -0.328 e. The van der Waals surface area contributed by atoms with Gasteiger partial charge in [0.2, 0.25) is 0 Å². The van der Waals surface area contributed by atoms with Crippen LogP contribution in [0, 0.1) is 0 Å². The van der Waals surface area contributed by atoms with Crippen LogP contribution in [0.2, 0.25) is 0 Å². The van der Waals surface area contributed by atoms with Gasteiger partial charge in [0.25, 0.3) is 0 Å². The lowest BCUT2D eigenvalue weighted by atomic mass is 9.98. The fraction of sp³-hybridized carbons (Fsp3) is 0.538. The van der Waals surface area contributed by atoms with Crippen molar-refractivity contribution in [2.24, 2.45) is 5.73 Å². The molecule has 1 aliphatic carbocycles. The molecule has 14 heavy (non-hydrogen) atoms. The van der Waals surface area contributed by atoms with Gasteiger partial charge in [-0.25, -0.2) is 0 Å². The Hall–Kier alpha value is -0.820. The normalized spacial score (nSPS) is 18.1. The topological polar surface area (TPSA) is 26.0 Å². The van der Waals surface area contributed by atoms with E-state index in [9.17, 15) is 0 Å². The molecule has 0 unspecified atom stereocenters. The predicted molar refractivity (Wildman–Crippen MR) is 60.4 cm³/mol. The number of rotatable bonds is 4. The second-order valence-corrected chi connectivity index (χ2v) is 4.49. The van der Waals surface area contributed by atoms with Crippen LogP contribution in [0.1, 0.15) is 43.2 Å². The summed E-state index contributed by atoms with van der Waals surface area (Å²) in [5.41, 5.74) is 8.88. The van der Waals surface area contributed by atoms with Gasteiger partial charge in [-0.1, -0.05) is 24.3 Å². The van der Waals surface area contributed by atoms with Crippen LogP contribution in [0.15, 0.2) is 24.3 Å². The standard InChI is InChI=1S/C13H19N/c1-10(14)6-7-11-4-2-3-5-13(11)12-8-9-12/h2-5,10,12H,6-9,14H2,1H3/t10-/m1/s1. The maximum Gasteiger partial charge on any atom is 0.00136 e. The van der Waals surface area contributed by atoms with Crippen molar-refractivity contribution >= 4 is 0 Å². The van der Waals surface area contributed by atoms with Crippen LogP contribution in [0.5, 0.6) is 0 Å². The molecule has 2 N–H and O–H groups in total. The number of hydrogen-bond acceptors (Lipinski definition) is 1. The molecule has 0 amide bonds. The summed E-state index contributed by atoms with van der Waals surface area (Å²) in [5.74, 6) is 0.860. The number of aryl methyl sites for hydroxylation is 1. The van der Waals surface area contributed by atoms with E-state index in [2.05, 4.69) is 31.2 Å². The minimum atomic E-state index is 0.322. The Labute approximate surface area is 86.3 Å². The van der Waals surface area contributed by atoms with Crippen LogP contribution < -0.4 is 5.73 Å². The number of hydrogen-bond donors (Lipinski definition) is 1. The molecule has 1 saturated carbocycles. The van der Waals surface area contributed by atoms with Gasteiger partial charge in [-0.2, -0.15) is 0 Å². The summed E-state index contributed by atoms with van der Waals surface area (Å²) < 4.78 is 0. The number of benzene rings is 1. The van der Waals surface area contributed by atoms with Gasteiger partial charge in [-0.05, 0) is 49.7 Å². The molecule has 0 aliphatic heterocycles. The van der Waals surface area contributed by atoms with Gasteiger partial charge in [0.05, 0.1) is 0 Å². The summed E-state index contributed by atoms with van der Waals surface area (Å²) in [4.78, 5) is 0. The molecule has 76 valence electrons. The minimum absolute atomic E-state index is 0.322. The van der Waals surface area contributed by atoms with E-state index in [1.165, 1.54) is 18.4 Å². The zero-order valence-corrected chi connectivity index (χ0v) is 8.87. The summed E-state index contributed by atoms with van der Waals surface area (Å²) in [7, 11) is 0. The third-order valence-electron chi connectivity index (χ3n) is 2.94. The molecule has 1 aromatic rings. The Bertz CT molecular complexity index is 300. The maximum absolute atomic E-state index is 5.78. The summed E-state index contributed by atoms with van der Waals surface area (Å²) >= 11 is 0. The third kappa shape index (κ3) is 2.36. The van der Waals surface area contributed by atoms with Crippen molar-refractivity contribution in [3.05, 3.63) is 35.4 Å². The van der Waals surface area contributed by atoms with Crippen molar-refractivity contribution in [1.82, 2.24) is 0 Å². The van der Waals surface area contributed by atoms with Crippen molar-refractivity contribution in [2.75, 3.05) is 0 Å². The highest BCUT2D eigenvalue weighted by Crippen LogP contribution is 2.41. The Morgan fingerprint density at radius 1 is 1.36 bits per heavy atom. The first-order valence-corrected chi connectivity index (χ1v) is 5.61. The highest BCUT2D eigenvalue weighted by Gasteiger charge is 2.25. The molecule has 1 atom stereocenters. The van der Waals surface area contributed by atoms with Crippen LogP contribution >= 0.6 is 0 Å². The first kappa shape index (κ1) is 9.72. The van der Waals surface area contributed by atoms with E-state index in [4.69, 9.17) is 5.73 Å². The van der Waals surface area contributed by atoms with Crippen molar-refractivity contribution < 1.29 is 0 Å². The number of nitrogens with two attached hydrogens (primary N) is 1. The van der Waals surface area contributed by atoms with E-state index in [1.807, 2.05) is 0 Å². The van der Waals surface area contributed by atoms with E-state index in [0.29, 0.717) is 6.04 Å². The molecule has 1 fully saturated rings. The van der Waals surface area contributed by atoms with E-state index in [-0.39, 0.29) is 0 Å². The van der Waals surface area contributed by atoms with Gasteiger partial charge >= 0.3 is 0 Å². The Morgan fingerprint density at radius 2 is 2.07 bits per heavy atom. The van der Waals surface area contributed by atoms with E-state index >= 15 is 0 Å². The lowest BCUT2D eigenvalue weighted by Crippen LogP contribution is -2.15. The van der Waals surface area contributed by atoms with Gasteiger partial charge in [-0.3, -0.25) is 0 Å². The molecule has 0 saturated heterocycles. The summed E-state index contributed by atoms with van der Waals surface area (Å²) in [6.45, 7) is 2.08. The molecule has 0 spiro atoms. The molecule has 1 nitrogen and oxygen atoms in total. The molecule has 0 heterocycles. The van der Waals surface area contributed by atoms with Crippen molar-refractivity contribution in [3.8, 4) is 0 Å². The van der Waals surface area contributed by atoms with E-state index in [1.54, 1.807) is 5.56 Å². The lowest BCUT2D eigenvalue weighted by Gasteiger charge is -2.09. The predicted octanol–water partition coefficient (Wildman–Crippen LogP) is 2.84. The fourth-order valence-corrected chi connectivity index (χ4v) is 1.94. The average molecular weight is 189 g/mol. The zero-order valence-electron chi connectivity index (χ0n) is 8.87. The molecule has 1 heteroatoms. The van der Waals surface area contributed by atoms with Crippen LogP contribution in [0.25, 0.3) is 0 Å². The Morgan fingerprint density at radius 3 is 2.71 bits per heavy atom. The maximum atomic E-state index is 5.78. The van der Waals surface area contributed by atoms with Gasteiger partial charge in [0.1, 0.15) is 0 Å². The Kier molecular flexibility index (Phi) is 2.87. The van der Waals surface area contributed by atoms with Crippen molar-refractivity contribution in [3.63, 3.8) is 0 Å². The van der Waals surface area contributed by atoms with Gasteiger partial charge in [0, 0.05) is 6.04 Å². The zero-order chi connectivity index (χ0) is 9.97. The van der Waals surface area contributed by atoms with Gasteiger partial charge < -0.3 is 5.73 Å². The van der Waals surface area contributed by atoms with Crippen molar-refractivity contribution in [2.45, 2.75) is 44.6 Å². The quantitative estimate of drug-likeness (QED) is 0.774. The van der Waals surface area contributed by atoms with Gasteiger partial charge in [0.15, 0.2) is 0 Å². The molecule has 0 bridgehead atoms. The molecule has 1 aromatic carbocycles. The largest absolute Gasteiger partial charge is 0.328 e.